The third kappa shape index (κ3) is 7.69. The van der Waals surface area contributed by atoms with Gasteiger partial charge in [0.1, 0.15) is 6.54 Å². The van der Waals surface area contributed by atoms with Crippen molar-refractivity contribution < 1.29 is 35.9 Å². The van der Waals surface area contributed by atoms with E-state index in [1.807, 2.05) is 0 Å². The summed E-state index contributed by atoms with van der Waals surface area (Å²) < 4.78 is 66.4. The molecule has 0 bridgehead atoms. The molecule has 1 aromatic carbocycles. The predicted molar refractivity (Wildman–Crippen MR) is 95.6 cm³/mol. The molecule has 1 aromatic rings. The van der Waals surface area contributed by atoms with Crippen LogP contribution in [0.5, 0.6) is 0 Å². The van der Waals surface area contributed by atoms with E-state index in [0.717, 1.165) is 6.08 Å². The van der Waals surface area contributed by atoms with Crippen LogP contribution in [0.4, 0.5) is 13.2 Å². The molecular weight excluding hydrogens is 401 g/mol. The van der Waals surface area contributed by atoms with Crippen molar-refractivity contribution in [1.29, 1.82) is 0 Å². The number of carbonyl (C=O) groups is 2. The molecule has 0 saturated carbocycles. The second kappa shape index (κ2) is 10.2. The van der Waals surface area contributed by atoms with E-state index in [-0.39, 0.29) is 4.90 Å². The fourth-order valence-corrected chi connectivity index (χ4v) is 3.52. The zero-order valence-electron chi connectivity index (χ0n) is 15.3. The average Bonchev–Trinajstić information content (AvgIpc) is 2.63. The van der Waals surface area contributed by atoms with Crippen molar-refractivity contribution in [3.8, 4) is 0 Å². The summed E-state index contributed by atoms with van der Waals surface area (Å²) in [6.07, 6.45) is -2.25. The van der Waals surface area contributed by atoms with Gasteiger partial charge in [-0.2, -0.15) is 17.5 Å². The van der Waals surface area contributed by atoms with E-state index in [0.29, 0.717) is 18.7 Å². The number of esters is 1. The van der Waals surface area contributed by atoms with Gasteiger partial charge >= 0.3 is 12.1 Å². The molecule has 11 heteroatoms. The van der Waals surface area contributed by atoms with Crippen molar-refractivity contribution in [2.45, 2.75) is 24.9 Å². The maximum atomic E-state index is 12.4. The molecule has 1 rings (SSSR count). The zero-order valence-corrected chi connectivity index (χ0v) is 16.1. The lowest BCUT2D eigenvalue weighted by Crippen LogP contribution is -2.36. The van der Waals surface area contributed by atoms with Crippen LogP contribution in [0, 0.1) is 0 Å². The third-order valence-electron chi connectivity index (χ3n) is 3.47. The van der Waals surface area contributed by atoms with Crippen LogP contribution in [0.15, 0.2) is 35.2 Å². The highest BCUT2D eigenvalue weighted by Gasteiger charge is 2.27. The first-order valence-electron chi connectivity index (χ1n) is 8.28. The van der Waals surface area contributed by atoms with Crippen LogP contribution in [0.25, 0.3) is 6.08 Å². The quantitative estimate of drug-likeness (QED) is 0.485. The lowest BCUT2D eigenvalue weighted by atomic mass is 10.2. The summed E-state index contributed by atoms with van der Waals surface area (Å²) >= 11 is 0. The van der Waals surface area contributed by atoms with Gasteiger partial charge in [0, 0.05) is 19.2 Å². The molecule has 0 unspecified atom stereocenters. The van der Waals surface area contributed by atoms with Gasteiger partial charge in [-0.05, 0) is 23.8 Å². The van der Waals surface area contributed by atoms with Gasteiger partial charge < -0.3 is 10.1 Å². The molecule has 0 aliphatic carbocycles. The largest absolute Gasteiger partial charge is 0.452 e. The van der Waals surface area contributed by atoms with Gasteiger partial charge in [-0.3, -0.25) is 4.79 Å². The number of rotatable bonds is 9. The summed E-state index contributed by atoms with van der Waals surface area (Å²) in [5.74, 6) is -2.01. The van der Waals surface area contributed by atoms with Crippen LogP contribution < -0.4 is 5.32 Å². The molecule has 0 fully saturated rings. The molecule has 0 spiro atoms. The summed E-state index contributed by atoms with van der Waals surface area (Å²) in [5.41, 5.74) is 0.497. The van der Waals surface area contributed by atoms with Crippen molar-refractivity contribution in [3.05, 3.63) is 35.9 Å². The minimum Gasteiger partial charge on any atom is -0.452 e. The number of amides is 1. The highest BCUT2D eigenvalue weighted by Crippen LogP contribution is 2.17. The Morgan fingerprint density at radius 3 is 2.21 bits per heavy atom. The smallest absolute Gasteiger partial charge is 0.405 e. The van der Waals surface area contributed by atoms with E-state index in [1.165, 1.54) is 34.6 Å². The Morgan fingerprint density at radius 2 is 1.71 bits per heavy atom. The van der Waals surface area contributed by atoms with Crippen molar-refractivity contribution in [2.75, 3.05) is 26.2 Å². The number of nitrogens with zero attached hydrogens (tertiary/aromatic N) is 1. The second-order valence-corrected chi connectivity index (χ2v) is 7.43. The molecule has 1 amide bonds. The molecule has 0 aliphatic rings. The number of hydrogen-bond donors (Lipinski definition) is 1. The van der Waals surface area contributed by atoms with Crippen LogP contribution in [-0.4, -0.2) is 57.0 Å². The maximum Gasteiger partial charge on any atom is 0.405 e. The Hall–Kier alpha value is -2.40. The van der Waals surface area contributed by atoms with Crippen molar-refractivity contribution >= 4 is 28.0 Å². The third-order valence-corrected chi connectivity index (χ3v) is 5.53. The van der Waals surface area contributed by atoms with E-state index >= 15 is 0 Å². The van der Waals surface area contributed by atoms with Gasteiger partial charge in [0.2, 0.25) is 10.0 Å². The normalized spacial score (nSPS) is 12.4. The molecule has 7 nitrogen and oxygen atoms in total. The first-order valence-corrected chi connectivity index (χ1v) is 9.72. The Kier molecular flexibility index (Phi) is 8.64. The Bertz CT molecular complexity index is 801. The van der Waals surface area contributed by atoms with Crippen molar-refractivity contribution in [1.82, 2.24) is 9.62 Å². The molecule has 0 saturated heterocycles. The number of alkyl halides is 3. The average molecular weight is 422 g/mol. The minimum atomic E-state index is -4.55. The summed E-state index contributed by atoms with van der Waals surface area (Å²) in [6.45, 7) is 1.77. The van der Waals surface area contributed by atoms with Crippen LogP contribution in [0.2, 0.25) is 0 Å². The lowest BCUT2D eigenvalue weighted by Gasteiger charge is -2.18. The van der Waals surface area contributed by atoms with Crippen molar-refractivity contribution in [3.63, 3.8) is 0 Å². The summed E-state index contributed by atoms with van der Waals surface area (Å²) in [5, 5.41) is 1.56. The van der Waals surface area contributed by atoms with Crippen molar-refractivity contribution in [2.24, 2.45) is 0 Å². The summed E-state index contributed by atoms with van der Waals surface area (Å²) in [7, 11) is -3.59. The lowest BCUT2D eigenvalue weighted by molar-refractivity contribution is -0.148. The monoisotopic (exact) mass is 422 g/mol. The van der Waals surface area contributed by atoms with Gasteiger partial charge in [-0.25, -0.2) is 13.2 Å². The topological polar surface area (TPSA) is 92.8 Å². The Labute approximate surface area is 161 Å². The fraction of sp³-hybridized carbons (Fsp3) is 0.412. The molecule has 0 atom stereocenters. The van der Waals surface area contributed by atoms with Crippen LogP contribution in [0.3, 0.4) is 0 Å². The Morgan fingerprint density at radius 1 is 1.14 bits per heavy atom. The molecule has 0 heterocycles. The molecule has 1 N–H and O–H groups in total. The molecule has 0 aliphatic heterocycles. The number of benzene rings is 1. The second-order valence-electron chi connectivity index (χ2n) is 5.49. The predicted octanol–water partition coefficient (Wildman–Crippen LogP) is 1.95. The van der Waals surface area contributed by atoms with Gasteiger partial charge in [0.05, 0.1) is 4.90 Å². The molecule has 0 radical (unpaired) electrons. The van der Waals surface area contributed by atoms with Gasteiger partial charge in [-0.1, -0.05) is 26.0 Å². The van der Waals surface area contributed by atoms with E-state index in [4.69, 9.17) is 0 Å². The summed E-state index contributed by atoms with van der Waals surface area (Å²) in [4.78, 5) is 22.7. The van der Waals surface area contributed by atoms with Gasteiger partial charge in [0.25, 0.3) is 5.91 Å². The first-order chi connectivity index (χ1) is 13.0. The minimum absolute atomic E-state index is 0.109. The standard InChI is InChI=1S/C17H21F3N2O5S/c1-3-22(4-2)28(25,26)14-8-5-13(6-9-14)7-10-16(24)27-11-15(23)21-12-17(18,19)20/h5-10H,3-4,11-12H2,1-2H3,(H,21,23). The van der Waals surface area contributed by atoms with Crippen LogP contribution in [-0.2, 0) is 24.3 Å². The first kappa shape index (κ1) is 23.6. The van der Waals surface area contributed by atoms with Crippen LogP contribution in [0.1, 0.15) is 19.4 Å². The number of nitrogens with one attached hydrogen (secondary N) is 1. The number of ether oxygens (including phenoxy) is 1. The number of sulfonamides is 1. The van der Waals surface area contributed by atoms with E-state index < -0.39 is 41.2 Å². The van der Waals surface area contributed by atoms with E-state index in [2.05, 4.69) is 4.74 Å². The van der Waals surface area contributed by atoms with E-state index in [9.17, 15) is 31.2 Å². The summed E-state index contributed by atoms with van der Waals surface area (Å²) in [6, 6.07) is 5.75. The molecule has 28 heavy (non-hydrogen) atoms. The van der Waals surface area contributed by atoms with Gasteiger partial charge in [-0.15, -0.1) is 0 Å². The number of halogens is 3. The van der Waals surface area contributed by atoms with Crippen LogP contribution >= 0.6 is 0 Å². The molecule has 0 aromatic heterocycles. The van der Waals surface area contributed by atoms with Gasteiger partial charge in [0.15, 0.2) is 6.61 Å². The van der Waals surface area contributed by atoms with E-state index in [1.54, 1.807) is 19.2 Å². The SMILES string of the molecule is CCN(CC)S(=O)(=O)c1ccc(C=CC(=O)OCC(=O)NCC(F)(F)F)cc1. The molecule has 156 valence electrons. The number of carbonyl (C=O) groups excluding carboxylic acids is 2. The fourth-order valence-electron chi connectivity index (χ4n) is 2.06. The number of hydrogen-bond acceptors (Lipinski definition) is 5. The maximum absolute atomic E-state index is 12.4. The highest BCUT2D eigenvalue weighted by molar-refractivity contribution is 7.89. The molecular formula is C17H21F3N2O5S. The Balaban J connectivity index is 2.61. The zero-order chi connectivity index (χ0) is 21.4. The highest BCUT2D eigenvalue weighted by atomic mass is 32.2.